The van der Waals surface area contributed by atoms with Crippen molar-refractivity contribution in [3.05, 3.63) is 41.6 Å². The number of halogens is 3. The van der Waals surface area contributed by atoms with E-state index in [4.69, 9.17) is 4.74 Å². The van der Waals surface area contributed by atoms with Gasteiger partial charge in [0.25, 0.3) is 0 Å². The molecule has 0 bridgehead atoms. The van der Waals surface area contributed by atoms with Crippen LogP contribution in [0.25, 0.3) is 0 Å². The van der Waals surface area contributed by atoms with E-state index in [-0.39, 0.29) is 11.8 Å². The molecule has 0 atom stereocenters. The third-order valence-electron chi connectivity index (χ3n) is 4.74. The Balaban J connectivity index is 2.22. The lowest BCUT2D eigenvalue weighted by Crippen LogP contribution is -2.19. The van der Waals surface area contributed by atoms with Gasteiger partial charge in [0, 0.05) is 18.9 Å². The lowest BCUT2D eigenvalue weighted by atomic mass is 10.1. The van der Waals surface area contributed by atoms with Crippen molar-refractivity contribution in [3.63, 3.8) is 0 Å². The quantitative estimate of drug-likeness (QED) is 0.394. The molecular weight excluding hydrogens is 379 g/mol. The van der Waals surface area contributed by atoms with Crippen molar-refractivity contribution >= 4 is 11.5 Å². The predicted molar refractivity (Wildman–Crippen MR) is 110 cm³/mol. The van der Waals surface area contributed by atoms with Crippen molar-refractivity contribution in [2.45, 2.75) is 65.0 Å². The van der Waals surface area contributed by atoms with Gasteiger partial charge in [-0.25, -0.2) is 4.98 Å². The van der Waals surface area contributed by atoms with Crippen LogP contribution in [-0.4, -0.2) is 23.6 Å². The Morgan fingerprint density at radius 1 is 0.966 bits per heavy atom. The van der Waals surface area contributed by atoms with Crippen molar-refractivity contribution in [1.29, 1.82) is 0 Å². The molecule has 0 aliphatic rings. The van der Waals surface area contributed by atoms with Crippen molar-refractivity contribution in [3.8, 4) is 6.01 Å². The standard InChI is InChI=1S/C22H30F3N3O/c1-4-6-8-10-17-11-13-18(14-12-17)28(3)20-19(22(23,24)25)16-26-21(27-20)29-15-9-7-5-2/h11-14,16H,4-10,15H2,1-3H3. The summed E-state index contributed by atoms with van der Waals surface area (Å²) in [5.74, 6) is -0.211. The van der Waals surface area contributed by atoms with E-state index in [2.05, 4.69) is 23.8 Å². The van der Waals surface area contributed by atoms with Gasteiger partial charge in [0.1, 0.15) is 5.56 Å². The summed E-state index contributed by atoms with van der Waals surface area (Å²) in [4.78, 5) is 9.25. The fraction of sp³-hybridized carbons (Fsp3) is 0.545. The zero-order valence-corrected chi connectivity index (χ0v) is 17.4. The van der Waals surface area contributed by atoms with Gasteiger partial charge >= 0.3 is 12.2 Å². The number of alkyl halides is 3. The van der Waals surface area contributed by atoms with E-state index in [0.29, 0.717) is 12.3 Å². The van der Waals surface area contributed by atoms with Crippen LogP contribution in [0, 0.1) is 0 Å². The number of nitrogens with zero attached hydrogens (tertiary/aromatic N) is 3. The summed E-state index contributed by atoms with van der Waals surface area (Å²) in [6.07, 6.45) is 3.46. The Hall–Kier alpha value is -2.31. The van der Waals surface area contributed by atoms with Crippen LogP contribution in [0.1, 0.15) is 63.5 Å². The largest absolute Gasteiger partial charge is 0.463 e. The fourth-order valence-electron chi connectivity index (χ4n) is 2.99. The summed E-state index contributed by atoms with van der Waals surface area (Å²) >= 11 is 0. The number of aryl methyl sites for hydroxylation is 1. The summed E-state index contributed by atoms with van der Waals surface area (Å²) in [5, 5.41) is 0. The molecule has 0 N–H and O–H groups in total. The molecule has 0 unspecified atom stereocenters. The van der Waals surface area contributed by atoms with Crippen LogP contribution in [0.15, 0.2) is 30.5 Å². The molecule has 1 aromatic carbocycles. The summed E-state index contributed by atoms with van der Waals surface area (Å²) in [5.41, 5.74) is 0.924. The lowest BCUT2D eigenvalue weighted by molar-refractivity contribution is -0.137. The average Bonchev–Trinajstić information content (AvgIpc) is 2.70. The molecule has 0 saturated carbocycles. The van der Waals surface area contributed by atoms with Gasteiger partial charge in [-0.05, 0) is 37.0 Å². The van der Waals surface area contributed by atoms with Gasteiger partial charge in [-0.15, -0.1) is 0 Å². The highest BCUT2D eigenvalue weighted by Crippen LogP contribution is 2.37. The highest BCUT2D eigenvalue weighted by molar-refractivity contribution is 5.63. The van der Waals surface area contributed by atoms with E-state index in [0.717, 1.165) is 44.7 Å². The number of benzene rings is 1. The first-order chi connectivity index (χ1) is 13.9. The third-order valence-corrected chi connectivity index (χ3v) is 4.74. The molecule has 7 heteroatoms. The Bertz CT molecular complexity index is 748. The zero-order chi connectivity index (χ0) is 21.3. The van der Waals surface area contributed by atoms with Crippen LogP contribution in [0.5, 0.6) is 6.01 Å². The second-order valence-corrected chi connectivity index (χ2v) is 7.13. The first-order valence-corrected chi connectivity index (χ1v) is 10.3. The molecule has 2 rings (SSSR count). The highest BCUT2D eigenvalue weighted by Gasteiger charge is 2.36. The van der Waals surface area contributed by atoms with Crippen molar-refractivity contribution < 1.29 is 17.9 Å². The average molecular weight is 409 g/mol. The van der Waals surface area contributed by atoms with Crippen LogP contribution >= 0.6 is 0 Å². The van der Waals surface area contributed by atoms with E-state index in [9.17, 15) is 13.2 Å². The van der Waals surface area contributed by atoms with Gasteiger partial charge in [-0.3, -0.25) is 0 Å². The Morgan fingerprint density at radius 3 is 2.24 bits per heavy atom. The monoisotopic (exact) mass is 409 g/mol. The Morgan fingerprint density at radius 2 is 1.62 bits per heavy atom. The highest BCUT2D eigenvalue weighted by atomic mass is 19.4. The molecule has 4 nitrogen and oxygen atoms in total. The van der Waals surface area contributed by atoms with Crippen LogP contribution in [0.4, 0.5) is 24.7 Å². The van der Waals surface area contributed by atoms with Crippen LogP contribution in [0.3, 0.4) is 0 Å². The smallest absolute Gasteiger partial charge is 0.421 e. The molecule has 0 radical (unpaired) electrons. The molecule has 0 amide bonds. The summed E-state index contributed by atoms with van der Waals surface area (Å²) < 4.78 is 46.0. The second kappa shape index (κ2) is 11.0. The maximum atomic E-state index is 13.5. The summed E-state index contributed by atoms with van der Waals surface area (Å²) in [6, 6.07) is 7.53. The number of hydrogen-bond donors (Lipinski definition) is 0. The molecular formula is C22H30F3N3O. The number of ether oxygens (including phenoxy) is 1. The number of anilines is 2. The van der Waals surface area contributed by atoms with Gasteiger partial charge in [-0.1, -0.05) is 51.7 Å². The molecule has 0 aliphatic carbocycles. The number of unbranched alkanes of at least 4 members (excludes halogenated alkanes) is 4. The van der Waals surface area contributed by atoms with Gasteiger partial charge in [0.05, 0.1) is 6.61 Å². The molecule has 0 spiro atoms. The maximum Gasteiger partial charge on any atom is 0.421 e. The Labute approximate surface area is 171 Å². The topological polar surface area (TPSA) is 38.2 Å². The minimum absolute atomic E-state index is 0.0351. The first kappa shape index (κ1) is 23.0. The zero-order valence-electron chi connectivity index (χ0n) is 17.4. The van der Waals surface area contributed by atoms with E-state index >= 15 is 0 Å². The summed E-state index contributed by atoms with van der Waals surface area (Å²) in [7, 11) is 1.57. The maximum absolute atomic E-state index is 13.5. The van der Waals surface area contributed by atoms with Crippen molar-refractivity contribution in [1.82, 2.24) is 9.97 Å². The lowest BCUT2D eigenvalue weighted by Gasteiger charge is -2.23. The summed E-state index contributed by atoms with van der Waals surface area (Å²) in [6.45, 7) is 4.60. The van der Waals surface area contributed by atoms with E-state index in [1.807, 2.05) is 24.3 Å². The van der Waals surface area contributed by atoms with E-state index in [1.165, 1.54) is 16.9 Å². The minimum Gasteiger partial charge on any atom is -0.463 e. The van der Waals surface area contributed by atoms with Gasteiger partial charge in [0.15, 0.2) is 5.82 Å². The second-order valence-electron chi connectivity index (χ2n) is 7.13. The van der Waals surface area contributed by atoms with Crippen LogP contribution in [0.2, 0.25) is 0 Å². The normalized spacial score (nSPS) is 11.5. The van der Waals surface area contributed by atoms with Crippen LogP contribution < -0.4 is 9.64 Å². The fourth-order valence-corrected chi connectivity index (χ4v) is 2.99. The van der Waals surface area contributed by atoms with E-state index < -0.39 is 11.7 Å². The molecule has 160 valence electrons. The molecule has 1 aromatic heterocycles. The SMILES string of the molecule is CCCCCOc1ncc(C(F)(F)F)c(N(C)c2ccc(CCCCC)cc2)n1. The molecule has 1 heterocycles. The number of aromatic nitrogens is 2. The number of hydrogen-bond acceptors (Lipinski definition) is 4. The van der Waals surface area contributed by atoms with E-state index in [1.54, 1.807) is 7.05 Å². The number of rotatable bonds is 11. The Kier molecular flexibility index (Phi) is 8.73. The van der Waals surface area contributed by atoms with Gasteiger partial charge < -0.3 is 9.64 Å². The third kappa shape index (κ3) is 6.91. The molecule has 0 saturated heterocycles. The first-order valence-electron chi connectivity index (χ1n) is 10.3. The van der Waals surface area contributed by atoms with Gasteiger partial charge in [-0.2, -0.15) is 18.2 Å². The minimum atomic E-state index is -4.55. The molecule has 2 aromatic rings. The molecule has 0 aliphatic heterocycles. The predicted octanol–water partition coefficient (Wildman–Crippen LogP) is 6.57. The van der Waals surface area contributed by atoms with Crippen LogP contribution in [-0.2, 0) is 12.6 Å². The van der Waals surface area contributed by atoms with Crippen molar-refractivity contribution in [2.24, 2.45) is 0 Å². The van der Waals surface area contributed by atoms with Gasteiger partial charge in [0.2, 0.25) is 0 Å². The molecule has 0 fully saturated rings. The van der Waals surface area contributed by atoms with Crippen molar-refractivity contribution in [2.75, 3.05) is 18.6 Å². The molecule has 29 heavy (non-hydrogen) atoms.